The van der Waals surface area contributed by atoms with E-state index in [2.05, 4.69) is 4.98 Å². The number of benzene rings is 2. The molecule has 33 heavy (non-hydrogen) atoms. The van der Waals surface area contributed by atoms with Crippen LogP contribution in [0.1, 0.15) is 21.7 Å². The molecule has 0 radical (unpaired) electrons. The number of aryl methyl sites for hydroxylation is 1. The van der Waals surface area contributed by atoms with Gasteiger partial charge in [0.05, 0.1) is 0 Å². The van der Waals surface area contributed by atoms with Crippen molar-refractivity contribution >= 4 is 22.8 Å². The zero-order valence-electron chi connectivity index (χ0n) is 18.7. The molecule has 1 aliphatic heterocycles. The van der Waals surface area contributed by atoms with Gasteiger partial charge in [0.2, 0.25) is 5.91 Å². The fraction of sp³-hybridized carbons (Fsp3) is 0.222. The molecule has 1 fully saturated rings. The molecule has 166 valence electrons. The number of pyridine rings is 1. The Morgan fingerprint density at radius 3 is 2.55 bits per heavy atom. The summed E-state index contributed by atoms with van der Waals surface area (Å²) in [6.45, 7) is 2.86. The van der Waals surface area contributed by atoms with Gasteiger partial charge in [-0.1, -0.05) is 48.5 Å². The Balaban J connectivity index is 1.43. The molecule has 5 rings (SSSR count). The number of nitrogens with zero attached hydrogens (tertiary/aromatic N) is 3. The monoisotopic (exact) mass is 439 g/mol. The van der Waals surface area contributed by atoms with Crippen molar-refractivity contribution in [1.82, 2.24) is 14.8 Å². The van der Waals surface area contributed by atoms with Gasteiger partial charge in [-0.2, -0.15) is 0 Å². The predicted octanol–water partition coefficient (Wildman–Crippen LogP) is 4.33. The lowest BCUT2D eigenvalue weighted by molar-refractivity contribution is -0.138. The van der Waals surface area contributed by atoms with Gasteiger partial charge in [-0.05, 0) is 35.7 Å². The number of fused-ring (bicyclic) bond motifs is 1. The lowest BCUT2D eigenvalue weighted by Gasteiger charge is -2.39. The van der Waals surface area contributed by atoms with Crippen LogP contribution in [-0.4, -0.2) is 52.8 Å². The highest BCUT2D eigenvalue weighted by Gasteiger charge is 2.38. The highest BCUT2D eigenvalue weighted by Crippen LogP contribution is 2.28. The molecule has 1 aliphatic rings. The molecule has 0 aliphatic carbocycles. The second-order valence-electron chi connectivity index (χ2n) is 8.47. The summed E-state index contributed by atoms with van der Waals surface area (Å²) in [4.78, 5) is 34.2. The number of aromatic nitrogens is 1. The van der Waals surface area contributed by atoms with E-state index >= 15 is 0 Å². The average Bonchev–Trinajstić information content (AvgIpc) is 3.19. The van der Waals surface area contributed by atoms with E-state index in [-0.39, 0.29) is 11.8 Å². The molecule has 3 heterocycles. The number of rotatable bonds is 4. The Bertz CT molecular complexity index is 1310. The first-order valence-corrected chi connectivity index (χ1v) is 11.1. The zero-order chi connectivity index (χ0) is 22.9. The van der Waals surface area contributed by atoms with Crippen LogP contribution in [0.2, 0.25) is 0 Å². The Hall–Kier alpha value is -3.93. The van der Waals surface area contributed by atoms with E-state index in [0.717, 1.165) is 27.6 Å². The van der Waals surface area contributed by atoms with Crippen molar-refractivity contribution in [2.45, 2.75) is 19.4 Å². The van der Waals surface area contributed by atoms with Crippen molar-refractivity contribution in [1.29, 1.82) is 0 Å². The second kappa shape index (κ2) is 8.54. The van der Waals surface area contributed by atoms with Crippen molar-refractivity contribution in [3.8, 4) is 11.1 Å². The van der Waals surface area contributed by atoms with Gasteiger partial charge in [-0.3, -0.25) is 14.6 Å². The molecule has 2 aromatic carbocycles. The topological polar surface area (TPSA) is 66.7 Å². The second-order valence-corrected chi connectivity index (χ2v) is 8.47. The van der Waals surface area contributed by atoms with Crippen molar-refractivity contribution in [2.75, 3.05) is 20.1 Å². The van der Waals surface area contributed by atoms with Crippen molar-refractivity contribution in [3.63, 3.8) is 0 Å². The lowest BCUT2D eigenvalue weighted by atomic mass is 9.98. The molecule has 1 saturated heterocycles. The molecule has 2 aromatic heterocycles. The molecular weight excluding hydrogens is 414 g/mol. The summed E-state index contributed by atoms with van der Waals surface area (Å²) in [5, 5.41) is 0.920. The first-order chi connectivity index (χ1) is 16.0. The van der Waals surface area contributed by atoms with Crippen molar-refractivity contribution in [3.05, 3.63) is 89.9 Å². The molecule has 1 atom stereocenters. The van der Waals surface area contributed by atoms with Crippen LogP contribution < -0.4 is 0 Å². The minimum atomic E-state index is -0.576. The molecule has 6 nitrogen and oxygen atoms in total. The zero-order valence-corrected chi connectivity index (χ0v) is 18.7. The maximum absolute atomic E-state index is 13.5. The van der Waals surface area contributed by atoms with Crippen LogP contribution in [0.4, 0.5) is 0 Å². The third-order valence-corrected chi connectivity index (χ3v) is 6.39. The van der Waals surface area contributed by atoms with E-state index in [9.17, 15) is 9.59 Å². The third kappa shape index (κ3) is 3.89. The van der Waals surface area contributed by atoms with E-state index in [4.69, 9.17) is 4.42 Å². The number of amides is 2. The average molecular weight is 440 g/mol. The summed E-state index contributed by atoms with van der Waals surface area (Å²) in [6.07, 6.45) is 4.02. The Morgan fingerprint density at radius 1 is 1.03 bits per heavy atom. The standard InChI is InChI=1S/C27H25N3O3/c1-18-22-7-3-4-8-24(22)33-25(18)27(32)30-15-14-29(2)26(31)23(30)16-19-9-11-20(12-10-19)21-6-5-13-28-17-21/h3-13,17,23H,14-16H2,1-2H3/t23-/m0/s1. The van der Waals surface area contributed by atoms with E-state index in [0.29, 0.717) is 30.9 Å². The van der Waals surface area contributed by atoms with Gasteiger partial charge < -0.3 is 14.2 Å². The summed E-state index contributed by atoms with van der Waals surface area (Å²) in [5.41, 5.74) is 4.58. The number of piperazine rings is 1. The maximum atomic E-state index is 13.5. The van der Waals surface area contributed by atoms with Crippen LogP contribution >= 0.6 is 0 Å². The highest BCUT2D eigenvalue weighted by molar-refractivity contribution is 6.01. The summed E-state index contributed by atoms with van der Waals surface area (Å²) < 4.78 is 5.92. The minimum absolute atomic E-state index is 0.0558. The number of furan rings is 1. The van der Waals surface area contributed by atoms with Crippen LogP contribution in [0, 0.1) is 6.92 Å². The summed E-state index contributed by atoms with van der Waals surface area (Å²) in [6, 6.07) is 19.0. The number of likely N-dealkylation sites (N-methyl/N-ethyl adjacent to an activating group) is 1. The maximum Gasteiger partial charge on any atom is 0.290 e. The van der Waals surface area contributed by atoms with Gasteiger partial charge in [-0.25, -0.2) is 0 Å². The van der Waals surface area contributed by atoms with E-state index < -0.39 is 6.04 Å². The molecular formula is C27H25N3O3. The van der Waals surface area contributed by atoms with Gasteiger partial charge in [0.15, 0.2) is 5.76 Å². The minimum Gasteiger partial charge on any atom is -0.451 e. The third-order valence-electron chi connectivity index (χ3n) is 6.39. The molecule has 0 saturated carbocycles. The van der Waals surface area contributed by atoms with E-state index in [1.807, 2.05) is 73.8 Å². The first kappa shape index (κ1) is 20.9. The number of carbonyl (C=O) groups is 2. The van der Waals surface area contributed by atoms with Crippen LogP contribution in [0.3, 0.4) is 0 Å². The van der Waals surface area contributed by atoms with Gasteiger partial charge in [-0.15, -0.1) is 0 Å². The summed E-state index contributed by atoms with van der Waals surface area (Å²) in [7, 11) is 1.79. The van der Waals surface area contributed by atoms with Crippen LogP contribution in [0.15, 0.2) is 77.5 Å². The fourth-order valence-electron chi connectivity index (χ4n) is 4.45. The van der Waals surface area contributed by atoms with E-state index in [1.54, 1.807) is 23.0 Å². The number of para-hydroxylation sites is 1. The van der Waals surface area contributed by atoms with Crippen molar-refractivity contribution in [2.24, 2.45) is 0 Å². The smallest absolute Gasteiger partial charge is 0.290 e. The molecule has 0 spiro atoms. The highest BCUT2D eigenvalue weighted by atomic mass is 16.3. The van der Waals surface area contributed by atoms with Gasteiger partial charge >= 0.3 is 0 Å². The van der Waals surface area contributed by atoms with Gasteiger partial charge in [0.1, 0.15) is 11.6 Å². The molecule has 0 bridgehead atoms. The quantitative estimate of drug-likeness (QED) is 0.475. The number of hydrogen-bond acceptors (Lipinski definition) is 4. The number of hydrogen-bond donors (Lipinski definition) is 0. The Labute approximate surface area is 192 Å². The van der Waals surface area contributed by atoms with Crippen LogP contribution in [0.5, 0.6) is 0 Å². The molecule has 2 amide bonds. The first-order valence-electron chi connectivity index (χ1n) is 11.1. The normalized spacial score (nSPS) is 16.4. The molecule has 0 unspecified atom stereocenters. The molecule has 0 N–H and O–H groups in total. The largest absolute Gasteiger partial charge is 0.451 e. The number of carbonyl (C=O) groups excluding carboxylic acids is 2. The van der Waals surface area contributed by atoms with Gasteiger partial charge in [0, 0.05) is 49.9 Å². The molecule has 4 aromatic rings. The summed E-state index contributed by atoms with van der Waals surface area (Å²) >= 11 is 0. The summed E-state index contributed by atoms with van der Waals surface area (Å²) in [5.74, 6) is 0.0207. The molecule has 6 heteroatoms. The van der Waals surface area contributed by atoms with Crippen molar-refractivity contribution < 1.29 is 14.0 Å². The Morgan fingerprint density at radius 2 is 1.82 bits per heavy atom. The lowest BCUT2D eigenvalue weighted by Crippen LogP contribution is -2.58. The van der Waals surface area contributed by atoms with E-state index in [1.165, 1.54) is 0 Å². The Kier molecular flexibility index (Phi) is 5.42. The van der Waals surface area contributed by atoms with Gasteiger partial charge in [0.25, 0.3) is 5.91 Å². The van der Waals surface area contributed by atoms with Crippen LogP contribution in [0.25, 0.3) is 22.1 Å². The van der Waals surface area contributed by atoms with Crippen LogP contribution in [-0.2, 0) is 11.2 Å². The SMILES string of the molecule is Cc1c(C(=O)N2CCN(C)C(=O)[C@@H]2Cc2ccc(-c3cccnc3)cc2)oc2ccccc12. The fourth-order valence-corrected chi connectivity index (χ4v) is 4.45. The predicted molar refractivity (Wildman–Crippen MR) is 127 cm³/mol.